The third-order valence-corrected chi connectivity index (χ3v) is 5.00. The second-order valence-corrected chi connectivity index (χ2v) is 7.00. The van der Waals surface area contributed by atoms with Crippen molar-refractivity contribution in [2.24, 2.45) is 5.92 Å². The Morgan fingerprint density at radius 1 is 1.61 bits per heavy atom. The molecule has 0 radical (unpaired) electrons. The Labute approximate surface area is 116 Å². The number of furan rings is 1. The van der Waals surface area contributed by atoms with Crippen molar-refractivity contribution in [3.63, 3.8) is 0 Å². The number of carbonyl (C=O) groups is 1. The van der Waals surface area contributed by atoms with Gasteiger partial charge in [-0.3, -0.25) is 0 Å². The molecule has 2 N–H and O–H groups in total. The molecule has 1 atom stereocenters. The molecule has 5 nitrogen and oxygen atoms in total. The summed E-state index contributed by atoms with van der Waals surface area (Å²) >= 11 is -0.175. The van der Waals surface area contributed by atoms with Crippen LogP contribution >= 0.6 is 0 Å². The number of nitrogens with zero attached hydrogens (tertiary/aromatic N) is 1. The van der Waals surface area contributed by atoms with Crippen LogP contribution in [0, 0.1) is 5.92 Å². The predicted molar refractivity (Wildman–Crippen MR) is 62.8 cm³/mol. The summed E-state index contributed by atoms with van der Waals surface area (Å²) in [7, 11) is 0. The van der Waals surface area contributed by atoms with Crippen LogP contribution in [0.15, 0.2) is 29.0 Å². The van der Waals surface area contributed by atoms with Gasteiger partial charge in [-0.1, -0.05) is 0 Å². The van der Waals surface area contributed by atoms with Gasteiger partial charge < -0.3 is 0 Å². The maximum absolute atomic E-state index is 11.3. The van der Waals surface area contributed by atoms with E-state index in [9.17, 15) is 9.90 Å². The molecule has 0 spiro atoms. The van der Waals surface area contributed by atoms with Gasteiger partial charge in [-0.25, -0.2) is 0 Å². The Morgan fingerprint density at radius 3 is 2.94 bits per heavy atom. The first-order valence-electron chi connectivity index (χ1n) is 5.69. The number of carboxylic acids is 1. The zero-order chi connectivity index (χ0) is 13.1. The van der Waals surface area contributed by atoms with Crippen molar-refractivity contribution in [3.8, 4) is 0 Å². The van der Waals surface area contributed by atoms with Crippen LogP contribution in [0.3, 0.4) is 0 Å². The van der Waals surface area contributed by atoms with Crippen LogP contribution in [0.4, 0.5) is 0 Å². The summed E-state index contributed by atoms with van der Waals surface area (Å²) < 4.78 is 7.33. The van der Waals surface area contributed by atoms with Crippen molar-refractivity contribution in [2.75, 3.05) is 4.55 Å². The molecule has 0 aliphatic carbocycles. The summed E-state index contributed by atoms with van der Waals surface area (Å²) in [6.07, 6.45) is 3.53. The van der Waals surface area contributed by atoms with Crippen LogP contribution in [0.5, 0.6) is 0 Å². The Morgan fingerprint density at radius 2 is 2.39 bits per heavy atom. The Kier molecular flexibility index (Phi) is 4.28. The van der Waals surface area contributed by atoms with E-state index in [0.29, 0.717) is 0 Å². The molecule has 1 aromatic rings. The molecule has 2 heterocycles. The summed E-state index contributed by atoms with van der Waals surface area (Å²) in [5.74, 6) is 0.0650. The van der Waals surface area contributed by atoms with E-state index in [1.54, 1.807) is 11.3 Å². The summed E-state index contributed by atoms with van der Waals surface area (Å²) in [4.78, 5) is 11.3. The van der Waals surface area contributed by atoms with Gasteiger partial charge in [0.05, 0.1) is 0 Å². The molecular formula is C12H16IN2O3-. The number of alkyl halides is 1. The van der Waals surface area contributed by atoms with Crippen molar-refractivity contribution in [1.29, 1.82) is 0 Å². The molecule has 1 aromatic heterocycles. The molecule has 0 saturated carbocycles. The standard InChI is InChI=1S/C12H16IN2O3/c1-8(2)11(12(16)17)15-6-9(13-7-14-15)10-4-3-5-18-10/h3-6,8,11,14H,7H2,1-2H3,(H,16,17)/q-1/t11-/m0/s1. The normalized spacial score (nSPS) is 18.2. The summed E-state index contributed by atoms with van der Waals surface area (Å²) in [6, 6.07) is 3.21. The number of aliphatic carboxylic acids is 1. The number of hydrogen-bond donors (Lipinski definition) is 2. The van der Waals surface area contributed by atoms with Crippen LogP contribution in [-0.2, 0) is 4.79 Å². The SMILES string of the molecule is CC(C)[C@@H](C(=O)O)N1C=C(c2ccco2)[I-]CN1. The summed E-state index contributed by atoms with van der Waals surface area (Å²) in [6.45, 7) is 3.81. The second kappa shape index (κ2) is 5.75. The van der Waals surface area contributed by atoms with Crippen LogP contribution < -0.4 is 26.6 Å². The molecule has 1 aliphatic heterocycles. The zero-order valence-corrected chi connectivity index (χ0v) is 12.4. The Balaban J connectivity index is 2.23. The molecule has 0 saturated heterocycles. The van der Waals surface area contributed by atoms with Crippen molar-refractivity contribution in [2.45, 2.75) is 19.9 Å². The van der Waals surface area contributed by atoms with E-state index in [4.69, 9.17) is 4.42 Å². The molecule has 0 fully saturated rings. The molecule has 0 amide bonds. The van der Waals surface area contributed by atoms with E-state index in [1.807, 2.05) is 32.2 Å². The Bertz CT molecular complexity index is 442. The molecular weight excluding hydrogens is 347 g/mol. The fourth-order valence-corrected chi connectivity index (χ4v) is 3.98. The van der Waals surface area contributed by atoms with Gasteiger partial charge in [-0.05, 0) is 0 Å². The third-order valence-electron chi connectivity index (χ3n) is 2.65. The van der Waals surface area contributed by atoms with Gasteiger partial charge in [0.25, 0.3) is 0 Å². The van der Waals surface area contributed by atoms with Gasteiger partial charge in [0.1, 0.15) is 0 Å². The quantitative estimate of drug-likeness (QED) is 0.390. The molecule has 6 heteroatoms. The van der Waals surface area contributed by atoms with Gasteiger partial charge in [0, 0.05) is 0 Å². The van der Waals surface area contributed by atoms with Crippen LogP contribution in [-0.4, -0.2) is 26.7 Å². The molecule has 2 rings (SSSR count). The molecule has 1 aliphatic rings. The molecule has 0 unspecified atom stereocenters. The fourth-order valence-electron chi connectivity index (χ4n) is 1.82. The van der Waals surface area contributed by atoms with Crippen molar-refractivity contribution < 1.29 is 35.5 Å². The minimum absolute atomic E-state index is 0.0281. The van der Waals surface area contributed by atoms with E-state index in [-0.39, 0.29) is 27.1 Å². The second-order valence-electron chi connectivity index (χ2n) is 4.31. The fraction of sp³-hybridized carbons (Fsp3) is 0.417. The first-order valence-corrected chi connectivity index (χ1v) is 8.29. The van der Waals surface area contributed by atoms with E-state index in [0.717, 1.165) is 13.9 Å². The van der Waals surface area contributed by atoms with Crippen molar-refractivity contribution in [1.82, 2.24) is 10.4 Å². The van der Waals surface area contributed by atoms with E-state index in [1.165, 1.54) is 0 Å². The van der Waals surface area contributed by atoms with Gasteiger partial charge >= 0.3 is 116 Å². The van der Waals surface area contributed by atoms with Gasteiger partial charge in [0.15, 0.2) is 0 Å². The van der Waals surface area contributed by atoms with Crippen molar-refractivity contribution in [3.05, 3.63) is 30.4 Å². The molecule has 100 valence electrons. The first kappa shape index (κ1) is 13.4. The minimum atomic E-state index is -0.812. The van der Waals surface area contributed by atoms with Gasteiger partial charge in [0.2, 0.25) is 0 Å². The van der Waals surface area contributed by atoms with Crippen LogP contribution in [0.25, 0.3) is 3.58 Å². The van der Waals surface area contributed by atoms with Crippen LogP contribution in [0.2, 0.25) is 0 Å². The number of rotatable bonds is 4. The average Bonchev–Trinajstić information content (AvgIpc) is 2.81. The van der Waals surface area contributed by atoms with E-state index >= 15 is 0 Å². The number of hydrazine groups is 1. The molecule has 0 aromatic carbocycles. The van der Waals surface area contributed by atoms with E-state index < -0.39 is 12.0 Å². The van der Waals surface area contributed by atoms with Crippen LogP contribution in [0.1, 0.15) is 19.6 Å². The average molecular weight is 363 g/mol. The number of hydrogen-bond acceptors (Lipinski definition) is 4. The first-order chi connectivity index (χ1) is 8.59. The predicted octanol–water partition coefficient (Wildman–Crippen LogP) is -1.45. The number of halogens is 1. The molecule has 0 bridgehead atoms. The van der Waals surface area contributed by atoms with Crippen molar-refractivity contribution >= 4 is 9.55 Å². The molecule has 18 heavy (non-hydrogen) atoms. The number of nitrogens with one attached hydrogen (secondary N) is 1. The topological polar surface area (TPSA) is 65.7 Å². The number of carboxylic acid groups (broad SMARTS) is 1. The van der Waals surface area contributed by atoms with Gasteiger partial charge in [-0.2, -0.15) is 0 Å². The zero-order valence-electron chi connectivity index (χ0n) is 10.3. The summed E-state index contributed by atoms with van der Waals surface area (Å²) in [5.41, 5.74) is 3.16. The third kappa shape index (κ3) is 2.86. The monoisotopic (exact) mass is 363 g/mol. The summed E-state index contributed by atoms with van der Waals surface area (Å²) in [5, 5.41) is 11.0. The van der Waals surface area contributed by atoms with Gasteiger partial charge in [-0.15, -0.1) is 0 Å². The van der Waals surface area contributed by atoms with E-state index in [2.05, 4.69) is 5.43 Å². The maximum atomic E-state index is 11.3. The Hall–Kier alpha value is -1.02.